The lowest BCUT2D eigenvalue weighted by molar-refractivity contribution is -0.152. The molecule has 0 aromatic heterocycles. The molecular formula is C12H21NO3. The molecule has 0 radical (unpaired) electrons. The fraction of sp³-hybridized carbons (Fsp3) is 0.917. The molecule has 1 heterocycles. The minimum Gasteiger partial charge on any atom is -0.480 e. The van der Waals surface area contributed by atoms with Crippen molar-refractivity contribution < 1.29 is 14.6 Å². The lowest BCUT2D eigenvalue weighted by Crippen LogP contribution is -2.55. The third-order valence-corrected chi connectivity index (χ3v) is 4.02. The van der Waals surface area contributed by atoms with Gasteiger partial charge >= 0.3 is 5.97 Å². The van der Waals surface area contributed by atoms with Crippen LogP contribution in [0.25, 0.3) is 0 Å². The number of carboxylic acid groups (broad SMARTS) is 1. The van der Waals surface area contributed by atoms with Crippen LogP contribution in [0.1, 0.15) is 32.6 Å². The van der Waals surface area contributed by atoms with Gasteiger partial charge in [0.15, 0.2) is 0 Å². The van der Waals surface area contributed by atoms with Gasteiger partial charge in [-0.25, -0.2) is 0 Å². The van der Waals surface area contributed by atoms with Gasteiger partial charge in [0.1, 0.15) is 6.04 Å². The Morgan fingerprint density at radius 2 is 2.31 bits per heavy atom. The highest BCUT2D eigenvalue weighted by molar-refractivity contribution is 5.73. The maximum atomic E-state index is 11.2. The first-order valence-electron chi connectivity index (χ1n) is 6.30. The number of nitrogens with zero attached hydrogens (tertiary/aromatic N) is 1. The van der Waals surface area contributed by atoms with Crippen LogP contribution in [0.3, 0.4) is 0 Å². The van der Waals surface area contributed by atoms with Gasteiger partial charge in [-0.1, -0.05) is 19.8 Å². The molecule has 0 aromatic rings. The molecule has 0 amide bonds. The lowest BCUT2D eigenvalue weighted by atomic mass is 9.97. The summed E-state index contributed by atoms with van der Waals surface area (Å²) in [7, 11) is 0. The molecule has 1 saturated carbocycles. The summed E-state index contributed by atoms with van der Waals surface area (Å²) < 4.78 is 5.28. The van der Waals surface area contributed by atoms with Crippen LogP contribution in [0.15, 0.2) is 0 Å². The maximum Gasteiger partial charge on any atom is 0.323 e. The van der Waals surface area contributed by atoms with E-state index in [-0.39, 0.29) is 0 Å². The van der Waals surface area contributed by atoms with Crippen LogP contribution in [-0.2, 0) is 9.53 Å². The molecule has 2 rings (SSSR count). The van der Waals surface area contributed by atoms with Crippen molar-refractivity contribution >= 4 is 5.97 Å². The van der Waals surface area contributed by atoms with Gasteiger partial charge in [-0.3, -0.25) is 9.69 Å². The topological polar surface area (TPSA) is 49.8 Å². The van der Waals surface area contributed by atoms with E-state index in [0.29, 0.717) is 25.2 Å². The average molecular weight is 227 g/mol. The van der Waals surface area contributed by atoms with E-state index in [0.717, 1.165) is 19.4 Å². The predicted octanol–water partition coefficient (Wildman–Crippen LogP) is 1.35. The summed E-state index contributed by atoms with van der Waals surface area (Å²) in [4.78, 5) is 13.4. The first kappa shape index (κ1) is 11.9. The smallest absolute Gasteiger partial charge is 0.323 e. The fourth-order valence-electron chi connectivity index (χ4n) is 3.16. The van der Waals surface area contributed by atoms with Crippen LogP contribution in [-0.4, -0.2) is 47.8 Å². The molecule has 0 spiro atoms. The molecule has 4 nitrogen and oxygen atoms in total. The van der Waals surface area contributed by atoms with E-state index in [1.165, 1.54) is 12.8 Å². The van der Waals surface area contributed by atoms with Crippen molar-refractivity contribution in [2.24, 2.45) is 5.92 Å². The molecule has 1 N–H and O–H groups in total. The van der Waals surface area contributed by atoms with Gasteiger partial charge in [0.25, 0.3) is 0 Å². The minimum atomic E-state index is -0.735. The summed E-state index contributed by atoms with van der Waals surface area (Å²) in [5.41, 5.74) is 0. The Labute approximate surface area is 96.6 Å². The van der Waals surface area contributed by atoms with Crippen molar-refractivity contribution in [3.05, 3.63) is 0 Å². The Morgan fingerprint density at radius 3 is 3.00 bits per heavy atom. The molecular weight excluding hydrogens is 206 g/mol. The van der Waals surface area contributed by atoms with Crippen LogP contribution >= 0.6 is 0 Å². The summed E-state index contributed by atoms with van der Waals surface area (Å²) in [6.07, 6.45) is 4.81. The molecule has 2 fully saturated rings. The van der Waals surface area contributed by atoms with Crippen molar-refractivity contribution in [1.29, 1.82) is 0 Å². The number of hydrogen-bond acceptors (Lipinski definition) is 3. The Bertz CT molecular complexity index is 257. The molecule has 1 aliphatic heterocycles. The third-order valence-electron chi connectivity index (χ3n) is 4.02. The zero-order valence-corrected chi connectivity index (χ0v) is 9.89. The summed E-state index contributed by atoms with van der Waals surface area (Å²) >= 11 is 0. The second kappa shape index (κ2) is 5.15. The van der Waals surface area contributed by atoms with Crippen LogP contribution in [0.5, 0.6) is 0 Å². The van der Waals surface area contributed by atoms with Crippen LogP contribution < -0.4 is 0 Å². The van der Waals surface area contributed by atoms with Crippen LogP contribution in [0, 0.1) is 5.92 Å². The second-order valence-corrected chi connectivity index (χ2v) is 4.83. The van der Waals surface area contributed by atoms with Crippen molar-refractivity contribution in [2.75, 3.05) is 19.8 Å². The molecule has 4 heteroatoms. The zero-order chi connectivity index (χ0) is 11.5. The van der Waals surface area contributed by atoms with Crippen LogP contribution in [0.2, 0.25) is 0 Å². The Balaban J connectivity index is 2.07. The van der Waals surface area contributed by atoms with Gasteiger partial charge in [0.05, 0.1) is 13.2 Å². The Morgan fingerprint density at radius 1 is 1.50 bits per heavy atom. The minimum absolute atomic E-state index is 0.349. The molecule has 3 atom stereocenters. The van der Waals surface area contributed by atoms with Gasteiger partial charge in [-0.05, 0) is 18.8 Å². The van der Waals surface area contributed by atoms with Crippen molar-refractivity contribution in [3.8, 4) is 0 Å². The number of carboxylic acids is 1. The molecule has 92 valence electrons. The zero-order valence-electron chi connectivity index (χ0n) is 9.89. The van der Waals surface area contributed by atoms with E-state index in [4.69, 9.17) is 4.74 Å². The van der Waals surface area contributed by atoms with Crippen molar-refractivity contribution in [1.82, 2.24) is 4.90 Å². The number of rotatable bonds is 3. The summed E-state index contributed by atoms with van der Waals surface area (Å²) in [5, 5.41) is 9.21. The highest BCUT2D eigenvalue weighted by Crippen LogP contribution is 2.33. The second-order valence-electron chi connectivity index (χ2n) is 4.83. The van der Waals surface area contributed by atoms with E-state index >= 15 is 0 Å². The molecule has 1 saturated heterocycles. The highest BCUT2D eigenvalue weighted by Gasteiger charge is 2.39. The van der Waals surface area contributed by atoms with E-state index in [2.05, 4.69) is 11.8 Å². The third kappa shape index (κ3) is 2.23. The van der Waals surface area contributed by atoms with Gasteiger partial charge in [0, 0.05) is 12.6 Å². The number of hydrogen-bond donors (Lipinski definition) is 1. The van der Waals surface area contributed by atoms with E-state index in [9.17, 15) is 9.90 Å². The van der Waals surface area contributed by atoms with E-state index in [1.54, 1.807) is 0 Å². The average Bonchev–Trinajstić information content (AvgIpc) is 2.76. The molecule has 1 aliphatic carbocycles. The molecule has 0 bridgehead atoms. The fourth-order valence-corrected chi connectivity index (χ4v) is 3.16. The van der Waals surface area contributed by atoms with Crippen molar-refractivity contribution in [3.63, 3.8) is 0 Å². The first-order chi connectivity index (χ1) is 7.74. The molecule has 16 heavy (non-hydrogen) atoms. The summed E-state index contributed by atoms with van der Waals surface area (Å²) in [5.74, 6) is -0.0543. The number of ether oxygens (including phenoxy) is 1. The van der Waals surface area contributed by atoms with E-state index < -0.39 is 12.0 Å². The molecule has 3 unspecified atom stereocenters. The first-order valence-corrected chi connectivity index (χ1v) is 6.30. The monoisotopic (exact) mass is 227 g/mol. The Hall–Kier alpha value is -0.610. The Kier molecular flexibility index (Phi) is 3.82. The van der Waals surface area contributed by atoms with Crippen molar-refractivity contribution in [2.45, 2.75) is 44.7 Å². The van der Waals surface area contributed by atoms with Gasteiger partial charge < -0.3 is 9.84 Å². The van der Waals surface area contributed by atoms with Gasteiger partial charge in [0.2, 0.25) is 0 Å². The highest BCUT2D eigenvalue weighted by atomic mass is 16.5. The van der Waals surface area contributed by atoms with E-state index in [1.807, 2.05) is 0 Å². The lowest BCUT2D eigenvalue weighted by Gasteiger charge is -2.39. The molecule has 0 aromatic carbocycles. The number of carbonyl (C=O) groups is 1. The molecule has 2 aliphatic rings. The summed E-state index contributed by atoms with van der Waals surface area (Å²) in [6.45, 7) is 4.01. The normalized spacial score (nSPS) is 36.4. The largest absolute Gasteiger partial charge is 0.480 e. The SMILES string of the molecule is CCC1CCCC1N1CCOCC1C(=O)O. The summed E-state index contributed by atoms with van der Waals surface area (Å²) in [6, 6.07) is 0.0425. The van der Waals surface area contributed by atoms with Gasteiger partial charge in [-0.2, -0.15) is 0 Å². The quantitative estimate of drug-likeness (QED) is 0.790. The van der Waals surface area contributed by atoms with Crippen LogP contribution in [0.4, 0.5) is 0 Å². The number of aliphatic carboxylic acids is 1. The number of morpholine rings is 1. The predicted molar refractivity (Wildman–Crippen MR) is 60.4 cm³/mol. The van der Waals surface area contributed by atoms with Gasteiger partial charge in [-0.15, -0.1) is 0 Å². The standard InChI is InChI=1S/C12H21NO3/c1-2-9-4-3-5-10(9)13-6-7-16-8-11(13)12(14)15/h9-11H,2-8H2,1H3,(H,14,15). The maximum absolute atomic E-state index is 11.2.